The number of benzene rings is 3. The molecule has 0 saturated carbocycles. The molecule has 3 N–H and O–H groups in total. The first-order valence-corrected chi connectivity index (χ1v) is 7.55. The number of amides is 1. The Morgan fingerprint density at radius 2 is 1.48 bits per heavy atom. The van der Waals surface area contributed by atoms with Crippen LogP contribution < -0.4 is 16.2 Å². The van der Waals surface area contributed by atoms with Gasteiger partial charge in [-0.25, -0.2) is 0 Å². The van der Waals surface area contributed by atoms with Gasteiger partial charge in [-0.1, -0.05) is 54.6 Å². The van der Waals surface area contributed by atoms with Gasteiger partial charge in [0.05, 0.1) is 0 Å². The van der Waals surface area contributed by atoms with Crippen LogP contribution in [0, 0.1) is 0 Å². The molecule has 0 heterocycles. The molecule has 0 aliphatic heterocycles. The number of hydrazine groups is 1. The lowest BCUT2D eigenvalue weighted by Crippen LogP contribution is -2.43. The summed E-state index contributed by atoms with van der Waals surface area (Å²) in [6.45, 7) is 0. The number of anilines is 1. The summed E-state index contributed by atoms with van der Waals surface area (Å²) < 4.78 is 0. The van der Waals surface area contributed by atoms with Crippen molar-refractivity contribution >= 4 is 39.7 Å². The Hall–Kier alpha value is -2.92. The average Bonchev–Trinajstić information content (AvgIpc) is 2.61. The summed E-state index contributed by atoms with van der Waals surface area (Å²) in [4.78, 5) is 12.0. The molecule has 0 atom stereocenters. The molecule has 5 heteroatoms. The van der Waals surface area contributed by atoms with Gasteiger partial charge in [0.1, 0.15) is 0 Å². The van der Waals surface area contributed by atoms with Crippen molar-refractivity contribution in [1.29, 1.82) is 0 Å². The minimum Gasteiger partial charge on any atom is -0.331 e. The van der Waals surface area contributed by atoms with E-state index in [9.17, 15) is 4.79 Å². The molecule has 114 valence electrons. The number of nitrogens with one attached hydrogen (secondary N) is 3. The maximum absolute atomic E-state index is 12.0. The van der Waals surface area contributed by atoms with Gasteiger partial charge in [-0.05, 0) is 35.8 Å². The van der Waals surface area contributed by atoms with Crippen LogP contribution in [0.4, 0.5) is 5.69 Å². The number of carbonyl (C=O) groups is 1. The van der Waals surface area contributed by atoms with E-state index in [1.807, 2.05) is 60.7 Å². The Labute approximate surface area is 139 Å². The van der Waals surface area contributed by atoms with Crippen molar-refractivity contribution in [3.63, 3.8) is 0 Å². The molecule has 3 aromatic carbocycles. The zero-order valence-electron chi connectivity index (χ0n) is 12.2. The first kappa shape index (κ1) is 15.0. The van der Waals surface area contributed by atoms with Gasteiger partial charge >= 0.3 is 0 Å². The second-order valence-electron chi connectivity index (χ2n) is 4.93. The molecule has 0 saturated heterocycles. The van der Waals surface area contributed by atoms with Crippen molar-refractivity contribution in [1.82, 2.24) is 10.9 Å². The van der Waals surface area contributed by atoms with Crippen molar-refractivity contribution in [2.24, 2.45) is 0 Å². The fraction of sp³-hybridized carbons (Fsp3) is 0. The van der Waals surface area contributed by atoms with E-state index in [4.69, 9.17) is 12.2 Å². The van der Waals surface area contributed by atoms with Crippen molar-refractivity contribution in [3.8, 4) is 0 Å². The van der Waals surface area contributed by atoms with Crippen LogP contribution in [-0.2, 0) is 0 Å². The number of thiocarbonyl (C=S) groups is 1. The number of hydrogen-bond acceptors (Lipinski definition) is 2. The Morgan fingerprint density at radius 3 is 2.30 bits per heavy atom. The minimum atomic E-state index is -0.243. The first-order chi connectivity index (χ1) is 11.2. The lowest BCUT2D eigenvalue weighted by molar-refractivity contribution is 0.0944. The Balaban J connectivity index is 1.64. The molecular formula is C18H15N3OS. The van der Waals surface area contributed by atoms with Gasteiger partial charge in [0.2, 0.25) is 0 Å². The molecule has 3 rings (SSSR count). The standard InChI is InChI=1S/C18H15N3OS/c22-17(14-8-2-1-3-9-14)20-21-18(23)19-16-12-6-10-13-7-4-5-11-15(13)16/h1-12H,(H,20,22)(H2,19,21,23). The Morgan fingerprint density at radius 1 is 0.783 bits per heavy atom. The molecule has 0 unspecified atom stereocenters. The lowest BCUT2D eigenvalue weighted by atomic mass is 10.1. The Kier molecular flexibility index (Phi) is 4.49. The quantitative estimate of drug-likeness (QED) is 0.500. The molecule has 0 aromatic heterocycles. The third-order valence-corrected chi connectivity index (χ3v) is 3.57. The van der Waals surface area contributed by atoms with E-state index in [1.165, 1.54) is 0 Å². The van der Waals surface area contributed by atoms with E-state index in [2.05, 4.69) is 16.2 Å². The molecule has 0 fully saturated rings. The van der Waals surface area contributed by atoms with Crippen LogP contribution >= 0.6 is 12.2 Å². The van der Waals surface area contributed by atoms with Gasteiger partial charge in [-0.15, -0.1) is 0 Å². The maximum atomic E-state index is 12.0. The summed E-state index contributed by atoms with van der Waals surface area (Å²) in [5.41, 5.74) is 6.74. The molecule has 0 radical (unpaired) electrons. The van der Waals surface area contributed by atoms with E-state index in [0.717, 1.165) is 16.5 Å². The minimum absolute atomic E-state index is 0.243. The molecule has 1 amide bonds. The van der Waals surface area contributed by atoms with E-state index in [-0.39, 0.29) is 5.91 Å². The average molecular weight is 321 g/mol. The van der Waals surface area contributed by atoms with Gasteiger partial charge in [0.15, 0.2) is 5.11 Å². The van der Waals surface area contributed by atoms with E-state index in [1.54, 1.807) is 12.1 Å². The maximum Gasteiger partial charge on any atom is 0.269 e. The van der Waals surface area contributed by atoms with Crippen molar-refractivity contribution in [2.75, 3.05) is 5.32 Å². The molecule has 0 aliphatic rings. The second kappa shape index (κ2) is 6.89. The fourth-order valence-corrected chi connectivity index (χ4v) is 2.42. The largest absolute Gasteiger partial charge is 0.331 e. The van der Waals surface area contributed by atoms with Crippen LogP contribution in [0.15, 0.2) is 72.8 Å². The highest BCUT2D eigenvalue weighted by molar-refractivity contribution is 7.80. The highest BCUT2D eigenvalue weighted by atomic mass is 32.1. The third kappa shape index (κ3) is 3.64. The SMILES string of the molecule is O=C(NNC(=S)Nc1cccc2ccccc12)c1ccccc1. The molecule has 4 nitrogen and oxygen atoms in total. The molecular weight excluding hydrogens is 306 g/mol. The van der Waals surface area contributed by atoms with Crippen LogP contribution in [0.25, 0.3) is 10.8 Å². The third-order valence-electron chi connectivity index (χ3n) is 3.36. The predicted octanol–water partition coefficient (Wildman–Crippen LogP) is 3.47. The summed E-state index contributed by atoms with van der Waals surface area (Å²) in [6, 6.07) is 22.9. The number of rotatable bonds is 2. The normalized spacial score (nSPS) is 10.1. The monoisotopic (exact) mass is 321 g/mol. The zero-order chi connectivity index (χ0) is 16.1. The van der Waals surface area contributed by atoms with E-state index < -0.39 is 0 Å². The van der Waals surface area contributed by atoms with Gasteiger partial charge < -0.3 is 5.32 Å². The van der Waals surface area contributed by atoms with Gasteiger partial charge in [0.25, 0.3) is 5.91 Å². The van der Waals surface area contributed by atoms with Gasteiger partial charge in [0, 0.05) is 16.6 Å². The van der Waals surface area contributed by atoms with Crippen LogP contribution in [0.5, 0.6) is 0 Å². The van der Waals surface area contributed by atoms with Gasteiger partial charge in [-0.3, -0.25) is 15.6 Å². The van der Waals surface area contributed by atoms with Crippen molar-refractivity contribution in [2.45, 2.75) is 0 Å². The highest BCUT2D eigenvalue weighted by Gasteiger charge is 2.06. The fourth-order valence-electron chi connectivity index (χ4n) is 2.26. The van der Waals surface area contributed by atoms with Crippen molar-refractivity contribution in [3.05, 3.63) is 78.4 Å². The number of hydrogen-bond donors (Lipinski definition) is 3. The summed E-state index contributed by atoms with van der Waals surface area (Å²) in [5, 5.41) is 5.60. The molecule has 0 bridgehead atoms. The number of carbonyl (C=O) groups excluding carboxylic acids is 1. The Bertz CT molecular complexity index is 844. The van der Waals surface area contributed by atoms with Crippen LogP contribution in [0.1, 0.15) is 10.4 Å². The van der Waals surface area contributed by atoms with Crippen molar-refractivity contribution < 1.29 is 4.79 Å². The molecule has 0 spiro atoms. The molecule has 3 aromatic rings. The first-order valence-electron chi connectivity index (χ1n) is 7.14. The summed E-state index contributed by atoms with van der Waals surface area (Å²) >= 11 is 5.23. The summed E-state index contributed by atoms with van der Waals surface area (Å²) in [5.74, 6) is -0.243. The van der Waals surface area contributed by atoms with E-state index >= 15 is 0 Å². The molecule has 23 heavy (non-hydrogen) atoms. The summed E-state index contributed by atoms with van der Waals surface area (Å²) in [6.07, 6.45) is 0. The second-order valence-corrected chi connectivity index (χ2v) is 5.33. The van der Waals surface area contributed by atoms with Crippen LogP contribution in [0.3, 0.4) is 0 Å². The number of fused-ring (bicyclic) bond motifs is 1. The summed E-state index contributed by atoms with van der Waals surface area (Å²) in [7, 11) is 0. The smallest absolute Gasteiger partial charge is 0.269 e. The molecule has 0 aliphatic carbocycles. The van der Waals surface area contributed by atoms with Crippen LogP contribution in [0.2, 0.25) is 0 Å². The van der Waals surface area contributed by atoms with E-state index in [0.29, 0.717) is 10.7 Å². The van der Waals surface area contributed by atoms with Gasteiger partial charge in [-0.2, -0.15) is 0 Å². The predicted molar refractivity (Wildman–Crippen MR) is 97.2 cm³/mol. The zero-order valence-corrected chi connectivity index (χ0v) is 13.1. The highest BCUT2D eigenvalue weighted by Crippen LogP contribution is 2.22. The van der Waals surface area contributed by atoms with Crippen LogP contribution in [-0.4, -0.2) is 11.0 Å². The topological polar surface area (TPSA) is 53.2 Å². The lowest BCUT2D eigenvalue weighted by Gasteiger charge is -2.13.